The number of pyridine rings is 1. The molecule has 8 heteroatoms. The highest BCUT2D eigenvalue weighted by Gasteiger charge is 2.17. The van der Waals surface area contributed by atoms with E-state index >= 15 is 0 Å². The predicted molar refractivity (Wildman–Crippen MR) is 117 cm³/mol. The Hall–Kier alpha value is -3.52. The Balaban J connectivity index is 1.61. The van der Waals surface area contributed by atoms with Crippen molar-refractivity contribution in [1.29, 1.82) is 0 Å². The molecule has 0 amide bonds. The van der Waals surface area contributed by atoms with E-state index in [0.29, 0.717) is 21.8 Å². The number of aromatic nitrogens is 4. The van der Waals surface area contributed by atoms with Crippen molar-refractivity contribution in [2.75, 3.05) is 0 Å². The molecule has 0 N–H and O–H groups in total. The molecule has 0 unspecified atom stereocenters. The van der Waals surface area contributed by atoms with Crippen LogP contribution in [0.15, 0.2) is 76.9 Å². The second kappa shape index (κ2) is 7.63. The van der Waals surface area contributed by atoms with Gasteiger partial charge in [0.2, 0.25) is 0 Å². The van der Waals surface area contributed by atoms with Crippen LogP contribution in [0.25, 0.3) is 22.2 Å². The molecule has 0 aliphatic heterocycles. The summed E-state index contributed by atoms with van der Waals surface area (Å²) in [6, 6.07) is 13.9. The molecule has 2 aromatic carbocycles. The first-order chi connectivity index (χ1) is 15.0. The van der Waals surface area contributed by atoms with Crippen LogP contribution in [0.3, 0.4) is 0 Å². The molecule has 154 valence electrons. The minimum absolute atomic E-state index is 0.0437. The Morgan fingerprint density at radius 3 is 2.68 bits per heavy atom. The lowest BCUT2D eigenvalue weighted by molar-refractivity contribution is 0.572. The fraction of sp³-hybridized carbons (Fsp3) is 0.0870. The summed E-state index contributed by atoms with van der Waals surface area (Å²) in [5, 5.41) is 0.668. The van der Waals surface area contributed by atoms with E-state index < -0.39 is 17.2 Å². The first kappa shape index (κ1) is 19.4. The first-order valence-electron chi connectivity index (χ1n) is 9.54. The number of imidazole rings is 1. The van der Waals surface area contributed by atoms with Crippen molar-refractivity contribution in [2.24, 2.45) is 0 Å². The third-order valence-electron chi connectivity index (χ3n) is 4.89. The van der Waals surface area contributed by atoms with Crippen molar-refractivity contribution in [3.63, 3.8) is 0 Å². The highest BCUT2D eigenvalue weighted by molar-refractivity contribution is 7.98. The molecule has 5 aromatic rings. The maximum Gasteiger partial charge on any atom is 0.266 e. The fourth-order valence-electron chi connectivity index (χ4n) is 3.45. The van der Waals surface area contributed by atoms with E-state index in [-0.39, 0.29) is 5.69 Å². The lowest BCUT2D eigenvalue weighted by atomic mass is 10.2. The third kappa shape index (κ3) is 3.59. The van der Waals surface area contributed by atoms with E-state index in [4.69, 9.17) is 0 Å². The van der Waals surface area contributed by atoms with Crippen molar-refractivity contribution in [3.05, 3.63) is 100 Å². The number of hydrogen-bond donors (Lipinski definition) is 0. The molecule has 5 rings (SSSR count). The van der Waals surface area contributed by atoms with Crippen molar-refractivity contribution in [1.82, 2.24) is 18.9 Å². The predicted octanol–water partition coefficient (Wildman–Crippen LogP) is 4.91. The monoisotopic (exact) mass is 434 g/mol. The van der Waals surface area contributed by atoms with E-state index in [1.54, 1.807) is 24.3 Å². The van der Waals surface area contributed by atoms with E-state index in [9.17, 15) is 13.6 Å². The Morgan fingerprint density at radius 1 is 1.00 bits per heavy atom. The minimum Gasteiger partial charge on any atom is -0.307 e. The molecule has 0 spiro atoms. The molecule has 0 saturated heterocycles. The highest BCUT2D eigenvalue weighted by Crippen LogP contribution is 2.26. The Bertz CT molecular complexity index is 1510. The standard InChI is InChI=1S/C23H16F2N4OS/c1-14-6-9-21-26-16(12-28(21)11-14)13-31-23-27-19-5-3-2-4-17(19)22(30)29(23)20-8-7-15(24)10-18(20)25/h2-12H,13H2,1H3. The quantitative estimate of drug-likeness (QED) is 0.298. The summed E-state index contributed by atoms with van der Waals surface area (Å²) in [7, 11) is 0. The summed E-state index contributed by atoms with van der Waals surface area (Å²) < 4.78 is 31.2. The van der Waals surface area contributed by atoms with Crippen LogP contribution in [0.2, 0.25) is 0 Å². The van der Waals surface area contributed by atoms with Crippen LogP contribution in [0.4, 0.5) is 8.78 Å². The topological polar surface area (TPSA) is 52.2 Å². The number of hydrogen-bond acceptors (Lipinski definition) is 4. The summed E-state index contributed by atoms with van der Waals surface area (Å²) in [6.45, 7) is 2.00. The van der Waals surface area contributed by atoms with Gasteiger partial charge in [-0.1, -0.05) is 30.0 Å². The second-order valence-corrected chi connectivity index (χ2v) is 8.08. The van der Waals surface area contributed by atoms with Gasteiger partial charge in [-0.05, 0) is 42.8 Å². The van der Waals surface area contributed by atoms with Gasteiger partial charge >= 0.3 is 0 Å². The normalized spacial score (nSPS) is 11.5. The molecule has 0 aliphatic rings. The summed E-state index contributed by atoms with van der Waals surface area (Å²) in [5.74, 6) is -1.12. The minimum atomic E-state index is -0.829. The van der Waals surface area contributed by atoms with Crippen molar-refractivity contribution in [3.8, 4) is 5.69 Å². The van der Waals surface area contributed by atoms with Gasteiger partial charge in [-0.25, -0.2) is 18.7 Å². The van der Waals surface area contributed by atoms with Gasteiger partial charge in [-0.3, -0.25) is 9.36 Å². The van der Waals surface area contributed by atoms with E-state index in [0.717, 1.165) is 29.0 Å². The Kier molecular flexibility index (Phi) is 4.78. The van der Waals surface area contributed by atoms with Gasteiger partial charge in [0.1, 0.15) is 17.3 Å². The molecule has 0 radical (unpaired) electrons. The third-order valence-corrected chi connectivity index (χ3v) is 5.87. The number of fused-ring (bicyclic) bond motifs is 2. The highest BCUT2D eigenvalue weighted by atomic mass is 32.2. The molecule has 0 bridgehead atoms. The van der Waals surface area contributed by atoms with Crippen molar-refractivity contribution < 1.29 is 8.78 Å². The van der Waals surface area contributed by atoms with Gasteiger partial charge < -0.3 is 4.40 Å². The zero-order valence-corrected chi connectivity index (χ0v) is 17.2. The summed E-state index contributed by atoms with van der Waals surface area (Å²) >= 11 is 1.27. The van der Waals surface area contributed by atoms with Gasteiger partial charge in [0.05, 0.1) is 22.3 Å². The van der Waals surface area contributed by atoms with Crippen LogP contribution in [-0.4, -0.2) is 18.9 Å². The number of nitrogens with zero attached hydrogens (tertiary/aromatic N) is 4. The second-order valence-electron chi connectivity index (χ2n) is 7.14. The van der Waals surface area contributed by atoms with E-state index in [1.807, 2.05) is 35.9 Å². The molecule has 3 aromatic heterocycles. The largest absolute Gasteiger partial charge is 0.307 e. The van der Waals surface area contributed by atoms with Crippen LogP contribution in [0.5, 0.6) is 0 Å². The molecule has 0 atom stereocenters. The molecular formula is C23H16F2N4OS. The number of thioether (sulfide) groups is 1. The van der Waals surface area contributed by atoms with E-state index in [2.05, 4.69) is 9.97 Å². The zero-order chi connectivity index (χ0) is 21.5. The maximum absolute atomic E-state index is 14.6. The molecule has 0 saturated carbocycles. The van der Waals surface area contributed by atoms with Gasteiger partial charge in [0.15, 0.2) is 5.16 Å². The van der Waals surface area contributed by atoms with Crippen molar-refractivity contribution >= 4 is 28.3 Å². The summed E-state index contributed by atoms with van der Waals surface area (Å²) in [4.78, 5) is 22.4. The summed E-state index contributed by atoms with van der Waals surface area (Å²) in [6.07, 6.45) is 3.89. The molecule has 0 fully saturated rings. The van der Waals surface area contributed by atoms with E-state index in [1.165, 1.54) is 22.4 Å². The smallest absolute Gasteiger partial charge is 0.266 e. The van der Waals surface area contributed by atoms with Crippen molar-refractivity contribution in [2.45, 2.75) is 17.8 Å². The summed E-state index contributed by atoms with van der Waals surface area (Å²) in [5.41, 5.74) is 2.78. The Labute approximate surface area is 180 Å². The number of benzene rings is 2. The molecule has 0 aliphatic carbocycles. The molecule has 5 nitrogen and oxygen atoms in total. The van der Waals surface area contributed by atoms with Gasteiger partial charge in [0, 0.05) is 24.2 Å². The maximum atomic E-state index is 14.6. The van der Waals surface area contributed by atoms with Crippen LogP contribution in [-0.2, 0) is 5.75 Å². The number of aryl methyl sites for hydroxylation is 1. The number of rotatable bonds is 4. The molecule has 3 heterocycles. The number of halogens is 2. The average molecular weight is 434 g/mol. The SMILES string of the molecule is Cc1ccc2nc(CSc3nc4ccccc4c(=O)n3-c3ccc(F)cc3F)cn2c1. The van der Waals surface area contributed by atoms with Crippen LogP contribution < -0.4 is 5.56 Å². The lowest BCUT2D eigenvalue weighted by Crippen LogP contribution is -2.22. The first-order valence-corrected chi connectivity index (χ1v) is 10.5. The Morgan fingerprint density at radius 2 is 1.84 bits per heavy atom. The molecular weight excluding hydrogens is 418 g/mol. The zero-order valence-electron chi connectivity index (χ0n) is 16.4. The fourth-order valence-corrected chi connectivity index (χ4v) is 4.34. The van der Waals surface area contributed by atoms with Gasteiger partial charge in [-0.2, -0.15) is 0 Å². The molecule has 31 heavy (non-hydrogen) atoms. The van der Waals surface area contributed by atoms with Crippen LogP contribution in [0.1, 0.15) is 11.3 Å². The van der Waals surface area contributed by atoms with Gasteiger partial charge in [0.25, 0.3) is 5.56 Å². The van der Waals surface area contributed by atoms with Crippen LogP contribution >= 0.6 is 11.8 Å². The van der Waals surface area contributed by atoms with Crippen LogP contribution in [0, 0.1) is 18.6 Å². The number of para-hydroxylation sites is 1. The van der Waals surface area contributed by atoms with Gasteiger partial charge in [-0.15, -0.1) is 0 Å². The average Bonchev–Trinajstić information content (AvgIpc) is 3.15. The lowest BCUT2D eigenvalue weighted by Gasteiger charge is -2.13.